The fourth-order valence-electron chi connectivity index (χ4n) is 3.73. The molecule has 0 spiro atoms. The Balaban J connectivity index is 1.38. The zero-order valence-corrected chi connectivity index (χ0v) is 20.6. The number of nitrogens with two attached hydrogens (primary N) is 1. The van der Waals surface area contributed by atoms with Crippen molar-refractivity contribution in [2.75, 3.05) is 12.3 Å². The Morgan fingerprint density at radius 1 is 0.973 bits per heavy atom. The molecule has 21 heteroatoms. The number of hydrogen-bond donors (Lipinski definition) is 8. The second-order valence-corrected chi connectivity index (χ2v) is 11.2. The van der Waals surface area contributed by atoms with Gasteiger partial charge in [-0.25, -0.2) is 24.1 Å². The van der Waals surface area contributed by atoms with Crippen molar-refractivity contribution in [1.82, 2.24) is 19.5 Å². The van der Waals surface area contributed by atoms with Crippen molar-refractivity contribution < 1.29 is 67.3 Å². The van der Waals surface area contributed by atoms with Gasteiger partial charge in [0.2, 0.25) is 0 Å². The number of phosphoric acid groups is 2. The molecule has 4 rings (SSSR count). The van der Waals surface area contributed by atoms with Gasteiger partial charge in [0.25, 0.3) is 0 Å². The van der Waals surface area contributed by atoms with Gasteiger partial charge in [-0.2, -0.15) is 4.31 Å². The van der Waals surface area contributed by atoms with E-state index in [2.05, 4.69) is 28.3 Å². The minimum Gasteiger partial charge on any atom is -0.388 e. The van der Waals surface area contributed by atoms with Crippen LogP contribution < -0.4 is 5.73 Å². The molecule has 0 radical (unpaired) electrons. The maximum atomic E-state index is 12.3. The molecule has 11 atom stereocenters. The number of nitrogen functional groups attached to an aromatic ring is 1. The highest BCUT2D eigenvalue weighted by atomic mass is 31.3. The minimum atomic E-state index is -5.47. The molecule has 0 aromatic carbocycles. The number of aliphatic hydroxyl groups is 5. The zero-order chi connectivity index (χ0) is 27.3. The Morgan fingerprint density at radius 3 is 2.38 bits per heavy atom. The lowest BCUT2D eigenvalue weighted by atomic mass is 10.0. The molecule has 37 heavy (non-hydrogen) atoms. The van der Waals surface area contributed by atoms with Crippen molar-refractivity contribution in [2.45, 2.75) is 62.2 Å². The second kappa shape index (κ2) is 10.5. The minimum absolute atomic E-state index is 0.0528. The third-order valence-electron chi connectivity index (χ3n) is 5.65. The Hall–Kier alpha value is -1.67. The smallest absolute Gasteiger partial charge is 0.388 e. The average molecular weight is 573 g/mol. The topological polar surface area (TPSA) is 292 Å². The number of nitrogens with zero attached hydrogens (tertiary/aromatic N) is 4. The summed E-state index contributed by atoms with van der Waals surface area (Å²) in [6.07, 6.45) is -12.1. The van der Waals surface area contributed by atoms with Gasteiger partial charge in [0.05, 0.1) is 19.0 Å². The SMILES string of the molecule is C[C@@H]1O[C@H](OP(=O)(O)OP(=O)(O)OC[C@H]2O[C@@H](n3cnc4c(N)ncnc43)[C@H](O)[C@@H]2O)[C@@H](O)[C@@H](O)[C@H]1O. The summed E-state index contributed by atoms with van der Waals surface area (Å²) in [7, 11) is -10.9. The third-order valence-corrected chi connectivity index (χ3v) is 8.25. The summed E-state index contributed by atoms with van der Waals surface area (Å²) in [4.78, 5) is 31.5. The molecule has 4 heterocycles. The Labute approximate surface area is 207 Å². The van der Waals surface area contributed by atoms with Gasteiger partial charge in [-0.05, 0) is 6.92 Å². The number of rotatable bonds is 8. The molecule has 2 unspecified atom stereocenters. The molecule has 9 N–H and O–H groups in total. The van der Waals surface area contributed by atoms with Crippen molar-refractivity contribution in [2.24, 2.45) is 0 Å². The van der Waals surface area contributed by atoms with E-state index in [0.717, 1.165) is 6.33 Å². The highest BCUT2D eigenvalue weighted by molar-refractivity contribution is 7.61. The Bertz CT molecular complexity index is 1220. The van der Waals surface area contributed by atoms with Crippen LogP contribution >= 0.6 is 15.6 Å². The van der Waals surface area contributed by atoms with Crippen molar-refractivity contribution in [3.8, 4) is 0 Å². The summed E-state index contributed by atoms with van der Waals surface area (Å²) < 4.78 is 49.5. The fraction of sp³-hybridized carbons (Fsp3) is 0.688. The number of anilines is 1. The van der Waals surface area contributed by atoms with Crippen LogP contribution in [0.5, 0.6) is 0 Å². The lowest BCUT2D eigenvalue weighted by Crippen LogP contribution is -2.57. The molecule has 2 saturated heterocycles. The predicted molar refractivity (Wildman–Crippen MR) is 116 cm³/mol. The van der Waals surface area contributed by atoms with E-state index in [1.165, 1.54) is 17.8 Å². The number of aromatic nitrogens is 4. The summed E-state index contributed by atoms with van der Waals surface area (Å²) in [5.41, 5.74) is 6.08. The first-order valence-electron chi connectivity index (χ1n) is 10.5. The standard InChI is InChI=1S/C16H25N5O14P2/c1-5-8(22)10(24)12(26)16(32-5)34-37(29,30)35-36(27,28)31-2-6-9(23)11(25)15(33-6)21-4-20-7-13(17)18-3-19-14(7)21/h3-6,8-12,15-16,22-26H,2H2,1H3,(H,27,28)(H,29,30)(H2,17,18,19)/t5-,6+,8-,9+,10-,11+,12-,15+,16+/m0/s1. The number of imidazole rings is 1. The van der Waals surface area contributed by atoms with Gasteiger partial charge in [-0.3, -0.25) is 13.6 Å². The first-order chi connectivity index (χ1) is 17.2. The predicted octanol–water partition coefficient (Wildman–Crippen LogP) is -2.89. The van der Waals surface area contributed by atoms with Gasteiger partial charge >= 0.3 is 15.6 Å². The van der Waals surface area contributed by atoms with Gasteiger partial charge in [-0.15, -0.1) is 0 Å². The van der Waals surface area contributed by atoms with Gasteiger partial charge < -0.3 is 50.5 Å². The van der Waals surface area contributed by atoms with Crippen LogP contribution in [0.1, 0.15) is 13.2 Å². The number of phosphoric ester groups is 2. The van der Waals surface area contributed by atoms with Crippen molar-refractivity contribution >= 4 is 32.6 Å². The third kappa shape index (κ3) is 5.85. The number of ether oxygens (including phenoxy) is 2. The highest BCUT2D eigenvalue weighted by Gasteiger charge is 2.49. The maximum absolute atomic E-state index is 12.3. The van der Waals surface area contributed by atoms with Crippen LogP contribution in [-0.2, 0) is 32.0 Å². The molecule has 2 fully saturated rings. The van der Waals surface area contributed by atoms with E-state index in [9.17, 15) is 44.4 Å². The monoisotopic (exact) mass is 573 g/mol. The second-order valence-electron chi connectivity index (χ2n) is 8.23. The van der Waals surface area contributed by atoms with Crippen LogP contribution in [-0.4, -0.2) is 110 Å². The normalized spacial score (nSPS) is 37.9. The van der Waals surface area contributed by atoms with E-state index in [0.29, 0.717) is 0 Å². The fourth-order valence-corrected chi connectivity index (χ4v) is 5.88. The molecule has 19 nitrogen and oxygen atoms in total. The molecular weight excluding hydrogens is 548 g/mol. The van der Waals surface area contributed by atoms with E-state index in [1.807, 2.05) is 0 Å². The van der Waals surface area contributed by atoms with Crippen LogP contribution in [0.25, 0.3) is 11.2 Å². The van der Waals surface area contributed by atoms with Crippen molar-refractivity contribution in [3.63, 3.8) is 0 Å². The summed E-state index contributed by atoms with van der Waals surface area (Å²) in [6, 6.07) is 0. The molecule has 2 aromatic heterocycles. The summed E-state index contributed by atoms with van der Waals surface area (Å²) in [6.45, 7) is 0.360. The Kier molecular flexibility index (Phi) is 8.03. The summed E-state index contributed by atoms with van der Waals surface area (Å²) in [5, 5.41) is 50.0. The number of aliphatic hydroxyl groups excluding tert-OH is 5. The highest BCUT2D eigenvalue weighted by Crippen LogP contribution is 2.61. The van der Waals surface area contributed by atoms with Crippen molar-refractivity contribution in [3.05, 3.63) is 12.7 Å². The van der Waals surface area contributed by atoms with Crippen molar-refractivity contribution in [1.29, 1.82) is 0 Å². The first kappa shape index (κ1) is 28.3. The van der Waals surface area contributed by atoms with Crippen LogP contribution in [0.3, 0.4) is 0 Å². The Morgan fingerprint density at radius 2 is 1.68 bits per heavy atom. The lowest BCUT2D eigenvalue weighted by Gasteiger charge is -2.38. The average Bonchev–Trinajstić information content (AvgIpc) is 3.36. The molecule has 2 aliphatic heterocycles. The van der Waals surface area contributed by atoms with E-state index < -0.39 is 77.5 Å². The van der Waals surface area contributed by atoms with Gasteiger partial charge in [0.1, 0.15) is 48.5 Å². The molecule has 0 aliphatic carbocycles. The van der Waals surface area contributed by atoms with Crippen LogP contribution in [0.2, 0.25) is 0 Å². The molecular formula is C16H25N5O14P2. The lowest BCUT2D eigenvalue weighted by molar-refractivity contribution is -0.271. The van der Waals surface area contributed by atoms with E-state index in [1.54, 1.807) is 0 Å². The number of hydrogen-bond acceptors (Lipinski definition) is 16. The maximum Gasteiger partial charge on any atom is 0.483 e. The van der Waals surface area contributed by atoms with Crippen LogP contribution in [0.4, 0.5) is 5.82 Å². The van der Waals surface area contributed by atoms with Gasteiger partial charge in [0.15, 0.2) is 24.0 Å². The van der Waals surface area contributed by atoms with Gasteiger partial charge in [-0.1, -0.05) is 0 Å². The summed E-state index contributed by atoms with van der Waals surface area (Å²) >= 11 is 0. The molecule has 0 saturated carbocycles. The molecule has 0 bridgehead atoms. The molecule has 2 aliphatic rings. The van der Waals surface area contributed by atoms with Crippen LogP contribution in [0, 0.1) is 0 Å². The van der Waals surface area contributed by atoms with E-state index in [-0.39, 0.29) is 17.0 Å². The van der Waals surface area contributed by atoms with E-state index >= 15 is 0 Å². The molecule has 208 valence electrons. The quantitative estimate of drug-likeness (QED) is 0.147. The summed E-state index contributed by atoms with van der Waals surface area (Å²) in [5.74, 6) is 0.0528. The molecule has 2 aromatic rings. The van der Waals surface area contributed by atoms with Gasteiger partial charge in [0, 0.05) is 0 Å². The van der Waals surface area contributed by atoms with Crippen LogP contribution in [0.15, 0.2) is 12.7 Å². The first-order valence-corrected chi connectivity index (χ1v) is 13.5. The van der Waals surface area contributed by atoms with E-state index in [4.69, 9.17) is 15.2 Å². The molecule has 0 amide bonds. The number of fused-ring (bicyclic) bond motifs is 1. The zero-order valence-electron chi connectivity index (χ0n) is 18.8. The largest absolute Gasteiger partial charge is 0.483 e.